The molecule has 1 amide bonds. The van der Waals surface area contributed by atoms with Gasteiger partial charge in [-0.15, -0.1) is 0 Å². The number of aryl methyl sites for hydroxylation is 1. The molecule has 0 radical (unpaired) electrons. The molecule has 116 valence electrons. The van der Waals surface area contributed by atoms with Crippen LogP contribution in [0.15, 0.2) is 41.3 Å². The minimum absolute atomic E-state index is 0.0458. The Kier molecular flexibility index (Phi) is 4.27. The van der Waals surface area contributed by atoms with Gasteiger partial charge in [-0.1, -0.05) is 11.6 Å². The number of halogens is 4. The summed E-state index contributed by atoms with van der Waals surface area (Å²) in [7, 11) is 1.46. The average Bonchev–Trinajstić information content (AvgIpc) is 2.42. The first-order chi connectivity index (χ1) is 10.2. The van der Waals surface area contributed by atoms with Crippen molar-refractivity contribution in [1.82, 2.24) is 4.57 Å². The number of anilines is 1. The van der Waals surface area contributed by atoms with E-state index < -0.39 is 22.7 Å². The number of benzene rings is 1. The van der Waals surface area contributed by atoms with Crippen LogP contribution in [-0.2, 0) is 13.2 Å². The van der Waals surface area contributed by atoms with E-state index in [1.54, 1.807) is 0 Å². The summed E-state index contributed by atoms with van der Waals surface area (Å²) in [5.41, 5.74) is -1.24. The second-order valence-electron chi connectivity index (χ2n) is 4.51. The minimum Gasteiger partial charge on any atom is -0.322 e. The van der Waals surface area contributed by atoms with Gasteiger partial charge in [0.25, 0.3) is 5.91 Å². The quantitative estimate of drug-likeness (QED) is 0.918. The van der Waals surface area contributed by atoms with Crippen LogP contribution >= 0.6 is 11.6 Å². The van der Waals surface area contributed by atoms with Crippen LogP contribution in [0.1, 0.15) is 15.9 Å². The molecule has 2 rings (SSSR count). The maximum atomic E-state index is 12.8. The van der Waals surface area contributed by atoms with E-state index in [0.29, 0.717) is 0 Å². The molecule has 0 saturated carbocycles. The third-order valence-electron chi connectivity index (χ3n) is 2.88. The van der Waals surface area contributed by atoms with Crippen LogP contribution in [-0.4, -0.2) is 10.5 Å². The van der Waals surface area contributed by atoms with Crippen molar-refractivity contribution in [3.63, 3.8) is 0 Å². The van der Waals surface area contributed by atoms with Crippen molar-refractivity contribution in [2.45, 2.75) is 6.18 Å². The van der Waals surface area contributed by atoms with Crippen molar-refractivity contribution in [2.75, 3.05) is 5.32 Å². The zero-order chi connectivity index (χ0) is 16.5. The monoisotopic (exact) mass is 330 g/mol. The summed E-state index contributed by atoms with van der Waals surface area (Å²) in [6.45, 7) is 0. The minimum atomic E-state index is -4.62. The summed E-state index contributed by atoms with van der Waals surface area (Å²) in [5, 5.41) is 1.88. The summed E-state index contributed by atoms with van der Waals surface area (Å²) in [6, 6.07) is 5.55. The number of amides is 1. The lowest BCUT2D eigenvalue weighted by Gasteiger charge is -2.12. The van der Waals surface area contributed by atoms with Crippen LogP contribution < -0.4 is 10.9 Å². The Morgan fingerprint density at radius 2 is 1.91 bits per heavy atom. The van der Waals surface area contributed by atoms with Crippen LogP contribution in [0.25, 0.3) is 0 Å². The van der Waals surface area contributed by atoms with E-state index in [0.717, 1.165) is 12.1 Å². The van der Waals surface area contributed by atoms with E-state index in [2.05, 4.69) is 5.32 Å². The van der Waals surface area contributed by atoms with E-state index in [1.165, 1.54) is 36.0 Å². The van der Waals surface area contributed by atoms with Gasteiger partial charge in [-0.05, 0) is 24.3 Å². The first-order valence-corrected chi connectivity index (χ1v) is 6.41. The third kappa shape index (κ3) is 3.48. The lowest BCUT2D eigenvalue weighted by Crippen LogP contribution is -2.19. The summed E-state index contributed by atoms with van der Waals surface area (Å²) in [5.74, 6) is -0.633. The van der Waals surface area contributed by atoms with Gasteiger partial charge >= 0.3 is 6.18 Å². The molecule has 0 saturated heterocycles. The molecule has 0 atom stereocenters. The Hall–Kier alpha value is -2.28. The number of hydrogen-bond acceptors (Lipinski definition) is 2. The molecule has 4 nitrogen and oxygen atoms in total. The van der Waals surface area contributed by atoms with Gasteiger partial charge in [0.05, 0.1) is 16.1 Å². The van der Waals surface area contributed by atoms with Crippen LogP contribution in [0.3, 0.4) is 0 Å². The molecule has 8 heteroatoms. The summed E-state index contributed by atoms with van der Waals surface area (Å²) >= 11 is 5.50. The largest absolute Gasteiger partial charge is 0.417 e. The van der Waals surface area contributed by atoms with Gasteiger partial charge in [-0.3, -0.25) is 9.59 Å². The maximum absolute atomic E-state index is 12.8. The van der Waals surface area contributed by atoms with Gasteiger partial charge in [-0.25, -0.2) is 0 Å². The van der Waals surface area contributed by atoms with E-state index in [1.807, 2.05) is 0 Å². The number of alkyl halides is 3. The highest BCUT2D eigenvalue weighted by Gasteiger charge is 2.33. The number of carbonyl (C=O) groups is 1. The van der Waals surface area contributed by atoms with Gasteiger partial charge < -0.3 is 9.88 Å². The fourth-order valence-electron chi connectivity index (χ4n) is 1.75. The molecule has 22 heavy (non-hydrogen) atoms. The lowest BCUT2D eigenvalue weighted by molar-refractivity contribution is -0.137. The number of hydrogen-bond donors (Lipinski definition) is 1. The first-order valence-electron chi connectivity index (χ1n) is 6.03. The molecule has 0 aliphatic heterocycles. The van der Waals surface area contributed by atoms with E-state index >= 15 is 0 Å². The summed E-state index contributed by atoms with van der Waals surface area (Å²) < 4.78 is 39.4. The van der Waals surface area contributed by atoms with Gasteiger partial charge in [0.2, 0.25) is 5.56 Å². The normalized spacial score (nSPS) is 11.3. The van der Waals surface area contributed by atoms with Gasteiger partial charge in [0.15, 0.2) is 0 Å². The van der Waals surface area contributed by atoms with Crippen molar-refractivity contribution in [3.8, 4) is 0 Å². The molecule has 0 spiro atoms. The fraction of sp³-hybridized carbons (Fsp3) is 0.143. The van der Waals surface area contributed by atoms with Crippen molar-refractivity contribution >= 4 is 23.2 Å². The molecule has 1 heterocycles. The molecule has 0 fully saturated rings. The van der Waals surface area contributed by atoms with E-state index in [-0.39, 0.29) is 16.8 Å². The van der Waals surface area contributed by atoms with Gasteiger partial charge in [0.1, 0.15) is 0 Å². The van der Waals surface area contributed by atoms with E-state index in [9.17, 15) is 22.8 Å². The van der Waals surface area contributed by atoms with Gasteiger partial charge in [-0.2, -0.15) is 13.2 Å². The smallest absolute Gasteiger partial charge is 0.322 e. The Bertz CT molecular complexity index is 784. The lowest BCUT2D eigenvalue weighted by atomic mass is 10.2. The Morgan fingerprint density at radius 3 is 2.50 bits per heavy atom. The molecule has 1 aromatic carbocycles. The third-order valence-corrected chi connectivity index (χ3v) is 3.21. The zero-order valence-electron chi connectivity index (χ0n) is 11.2. The predicted molar refractivity (Wildman–Crippen MR) is 76.1 cm³/mol. The predicted octanol–water partition coefficient (Wildman–Crippen LogP) is 3.31. The standard InChI is InChI=1S/C14H10ClF3N2O2/c1-20-7-8(2-5-12(20)21)13(22)19-9-3-4-11(15)10(6-9)14(16,17)18/h2-7H,1H3,(H,19,22). The Balaban J connectivity index is 2.29. The van der Waals surface area contributed by atoms with Crippen LogP contribution in [0.5, 0.6) is 0 Å². The first kappa shape index (κ1) is 16.1. The number of aromatic nitrogens is 1. The highest BCUT2D eigenvalue weighted by molar-refractivity contribution is 6.31. The molecule has 0 aliphatic carbocycles. The second-order valence-corrected chi connectivity index (χ2v) is 4.92. The molecule has 0 bridgehead atoms. The Labute approximate surface area is 128 Å². The highest BCUT2D eigenvalue weighted by Crippen LogP contribution is 2.36. The number of nitrogens with one attached hydrogen (secondary N) is 1. The van der Waals surface area contributed by atoms with Crippen molar-refractivity contribution < 1.29 is 18.0 Å². The Morgan fingerprint density at radius 1 is 1.23 bits per heavy atom. The summed E-state index contributed by atoms with van der Waals surface area (Å²) in [4.78, 5) is 23.2. The fourth-order valence-corrected chi connectivity index (χ4v) is 1.98. The molecular weight excluding hydrogens is 321 g/mol. The number of rotatable bonds is 2. The number of pyridine rings is 1. The molecule has 2 aromatic rings. The molecule has 0 unspecified atom stereocenters. The SMILES string of the molecule is Cn1cc(C(=O)Nc2ccc(Cl)c(C(F)(F)F)c2)ccc1=O. The second kappa shape index (κ2) is 5.84. The van der Waals surface area contributed by atoms with E-state index in [4.69, 9.17) is 11.6 Å². The topological polar surface area (TPSA) is 51.1 Å². The number of nitrogens with zero attached hydrogens (tertiary/aromatic N) is 1. The van der Waals surface area contributed by atoms with Crippen LogP contribution in [0.4, 0.5) is 18.9 Å². The summed E-state index contributed by atoms with van der Waals surface area (Å²) in [6.07, 6.45) is -3.33. The molecule has 1 N–H and O–H groups in total. The van der Waals surface area contributed by atoms with Gasteiger partial charge in [0, 0.05) is 25.0 Å². The zero-order valence-corrected chi connectivity index (χ0v) is 12.0. The molecule has 0 aliphatic rings. The van der Waals surface area contributed by atoms with Crippen LogP contribution in [0.2, 0.25) is 5.02 Å². The molecular formula is C14H10ClF3N2O2. The van der Waals surface area contributed by atoms with Crippen LogP contribution in [0, 0.1) is 0 Å². The maximum Gasteiger partial charge on any atom is 0.417 e. The highest BCUT2D eigenvalue weighted by atomic mass is 35.5. The van der Waals surface area contributed by atoms with Crippen molar-refractivity contribution in [2.24, 2.45) is 7.05 Å². The number of carbonyl (C=O) groups excluding carboxylic acids is 1. The van der Waals surface area contributed by atoms with Crippen molar-refractivity contribution in [3.05, 3.63) is 63.0 Å². The molecule has 1 aromatic heterocycles. The average molecular weight is 331 g/mol. The van der Waals surface area contributed by atoms with Crippen molar-refractivity contribution in [1.29, 1.82) is 0 Å².